The van der Waals surface area contributed by atoms with Crippen LogP contribution in [0.3, 0.4) is 0 Å². The lowest BCUT2D eigenvalue weighted by atomic mass is 10.1. The number of nitrogens with one attached hydrogen (secondary N) is 2. The van der Waals surface area contributed by atoms with Crippen molar-refractivity contribution in [3.05, 3.63) is 83.0 Å². The first-order valence-corrected chi connectivity index (χ1v) is 9.19. The van der Waals surface area contributed by atoms with Gasteiger partial charge in [-0.1, -0.05) is 42.5 Å². The number of methoxy groups -OCH3 is 1. The van der Waals surface area contributed by atoms with Crippen molar-refractivity contribution in [1.29, 1.82) is 0 Å². The van der Waals surface area contributed by atoms with Crippen molar-refractivity contribution in [3.8, 4) is 5.75 Å². The molecule has 2 N–H and O–H groups in total. The van der Waals surface area contributed by atoms with E-state index in [0.717, 1.165) is 11.3 Å². The highest BCUT2D eigenvalue weighted by Gasteiger charge is 2.09. The van der Waals surface area contributed by atoms with Crippen LogP contribution in [0.4, 0.5) is 5.82 Å². The Morgan fingerprint density at radius 3 is 2.43 bits per heavy atom. The molecule has 0 fully saturated rings. The molecule has 0 saturated carbocycles. The number of hydrogen-bond acceptors (Lipinski definition) is 5. The van der Waals surface area contributed by atoms with Crippen molar-refractivity contribution in [2.24, 2.45) is 0 Å². The van der Waals surface area contributed by atoms with E-state index in [9.17, 15) is 4.79 Å². The summed E-state index contributed by atoms with van der Waals surface area (Å²) in [6.45, 7) is 3.22. The summed E-state index contributed by atoms with van der Waals surface area (Å²) in [7, 11) is 1.64. The van der Waals surface area contributed by atoms with Crippen molar-refractivity contribution >= 4 is 11.7 Å². The average molecular weight is 376 g/mol. The molecule has 28 heavy (non-hydrogen) atoms. The number of nitrogens with zero attached hydrogens (tertiary/aromatic N) is 2. The molecule has 0 spiro atoms. The minimum atomic E-state index is -0.243. The van der Waals surface area contributed by atoms with Gasteiger partial charge in [-0.25, -0.2) is 0 Å². The zero-order valence-corrected chi connectivity index (χ0v) is 16.1. The number of carbonyl (C=O) groups is 1. The van der Waals surface area contributed by atoms with Gasteiger partial charge in [0.25, 0.3) is 5.91 Å². The van der Waals surface area contributed by atoms with Gasteiger partial charge in [-0.3, -0.25) is 4.79 Å². The Kier molecular flexibility index (Phi) is 6.57. The van der Waals surface area contributed by atoms with E-state index in [1.165, 1.54) is 11.1 Å². The number of amides is 1. The lowest BCUT2D eigenvalue weighted by molar-refractivity contribution is 0.0948. The standard InChI is InChI=1S/C22H24N4O2/c1-16-7-3-4-9-18(16)15-24-21-12-11-19(25-26-21)22(27)23-14-13-17-8-5-6-10-20(17)28-2/h3-12H,13-15H2,1-2H3,(H,23,27)(H,24,26). The topological polar surface area (TPSA) is 76.1 Å². The maximum atomic E-state index is 12.3. The molecule has 3 aromatic rings. The Balaban J connectivity index is 1.50. The van der Waals surface area contributed by atoms with Crippen LogP contribution < -0.4 is 15.4 Å². The van der Waals surface area contributed by atoms with E-state index in [2.05, 4.69) is 39.9 Å². The van der Waals surface area contributed by atoms with E-state index < -0.39 is 0 Å². The molecule has 0 aliphatic rings. The molecule has 1 aromatic heterocycles. The molecule has 0 aliphatic heterocycles. The third-order valence-electron chi connectivity index (χ3n) is 4.49. The summed E-state index contributed by atoms with van der Waals surface area (Å²) in [5.74, 6) is 1.21. The highest BCUT2D eigenvalue weighted by molar-refractivity contribution is 5.92. The third-order valence-corrected chi connectivity index (χ3v) is 4.49. The molecule has 2 aromatic carbocycles. The molecule has 0 saturated heterocycles. The number of ether oxygens (including phenoxy) is 1. The number of anilines is 1. The molecule has 0 atom stereocenters. The zero-order valence-electron chi connectivity index (χ0n) is 16.1. The quantitative estimate of drug-likeness (QED) is 0.630. The van der Waals surface area contributed by atoms with Gasteiger partial charge in [-0.2, -0.15) is 0 Å². The number of benzene rings is 2. The molecular weight excluding hydrogens is 352 g/mol. The molecule has 3 rings (SSSR count). The summed E-state index contributed by atoms with van der Waals surface area (Å²) in [6, 6.07) is 19.4. The SMILES string of the molecule is COc1ccccc1CCNC(=O)c1ccc(NCc2ccccc2C)nn1. The van der Waals surface area contributed by atoms with Gasteiger partial charge >= 0.3 is 0 Å². The zero-order chi connectivity index (χ0) is 19.8. The lowest BCUT2D eigenvalue weighted by Crippen LogP contribution is -2.27. The van der Waals surface area contributed by atoms with Crippen molar-refractivity contribution in [1.82, 2.24) is 15.5 Å². The van der Waals surface area contributed by atoms with Gasteiger partial charge in [0.15, 0.2) is 5.69 Å². The molecule has 6 heteroatoms. The van der Waals surface area contributed by atoms with Crippen LogP contribution in [0.25, 0.3) is 0 Å². The third kappa shape index (κ3) is 5.07. The summed E-state index contributed by atoms with van der Waals surface area (Å²) in [5.41, 5.74) is 3.75. The van der Waals surface area contributed by atoms with E-state index in [-0.39, 0.29) is 5.91 Å². The molecule has 0 bridgehead atoms. The first-order chi connectivity index (χ1) is 13.7. The van der Waals surface area contributed by atoms with Gasteiger partial charge in [0.1, 0.15) is 11.6 Å². The lowest BCUT2D eigenvalue weighted by Gasteiger charge is -2.09. The molecule has 0 unspecified atom stereocenters. The molecule has 0 aliphatic carbocycles. The van der Waals surface area contributed by atoms with Gasteiger partial charge in [-0.15, -0.1) is 10.2 Å². The highest BCUT2D eigenvalue weighted by atomic mass is 16.5. The number of aromatic nitrogens is 2. The maximum Gasteiger partial charge on any atom is 0.271 e. The van der Waals surface area contributed by atoms with Gasteiger partial charge in [0, 0.05) is 13.1 Å². The molecule has 1 amide bonds. The molecular formula is C22H24N4O2. The fourth-order valence-electron chi connectivity index (χ4n) is 2.85. The van der Waals surface area contributed by atoms with Gasteiger partial charge in [-0.05, 0) is 48.2 Å². The van der Waals surface area contributed by atoms with Crippen molar-refractivity contribution < 1.29 is 9.53 Å². The highest BCUT2D eigenvalue weighted by Crippen LogP contribution is 2.17. The predicted molar refractivity (Wildman–Crippen MR) is 110 cm³/mol. The van der Waals surface area contributed by atoms with E-state index in [4.69, 9.17) is 4.74 Å². The first-order valence-electron chi connectivity index (χ1n) is 9.19. The average Bonchev–Trinajstić information content (AvgIpc) is 2.74. The monoisotopic (exact) mass is 376 g/mol. The second-order valence-electron chi connectivity index (χ2n) is 6.40. The molecule has 0 radical (unpaired) electrons. The first kappa shape index (κ1) is 19.4. The minimum Gasteiger partial charge on any atom is -0.496 e. The van der Waals surface area contributed by atoms with Gasteiger partial charge in [0.05, 0.1) is 7.11 Å². The van der Waals surface area contributed by atoms with E-state index in [1.54, 1.807) is 19.2 Å². The number of rotatable bonds is 8. The van der Waals surface area contributed by atoms with Crippen LogP contribution >= 0.6 is 0 Å². The number of carbonyl (C=O) groups excluding carboxylic acids is 1. The number of aryl methyl sites for hydroxylation is 1. The van der Waals surface area contributed by atoms with Crippen LogP contribution in [0.15, 0.2) is 60.7 Å². The van der Waals surface area contributed by atoms with E-state index >= 15 is 0 Å². The van der Waals surface area contributed by atoms with Crippen LogP contribution in [0.1, 0.15) is 27.2 Å². The Morgan fingerprint density at radius 1 is 0.964 bits per heavy atom. The van der Waals surface area contributed by atoms with Crippen molar-refractivity contribution in [2.75, 3.05) is 19.0 Å². The Bertz CT molecular complexity index is 926. The van der Waals surface area contributed by atoms with Crippen LogP contribution in [0, 0.1) is 6.92 Å². The fourth-order valence-corrected chi connectivity index (χ4v) is 2.85. The van der Waals surface area contributed by atoms with Crippen LogP contribution in [-0.4, -0.2) is 29.8 Å². The van der Waals surface area contributed by atoms with E-state index in [0.29, 0.717) is 31.0 Å². The number of para-hydroxylation sites is 1. The second-order valence-corrected chi connectivity index (χ2v) is 6.40. The Labute approximate surface area is 165 Å². The van der Waals surface area contributed by atoms with Crippen LogP contribution in [0.5, 0.6) is 5.75 Å². The second kappa shape index (κ2) is 9.50. The largest absolute Gasteiger partial charge is 0.496 e. The van der Waals surface area contributed by atoms with Crippen LogP contribution in [-0.2, 0) is 13.0 Å². The summed E-state index contributed by atoms with van der Waals surface area (Å²) in [5, 5.41) is 14.2. The maximum absolute atomic E-state index is 12.3. The van der Waals surface area contributed by atoms with Crippen molar-refractivity contribution in [3.63, 3.8) is 0 Å². The molecule has 144 valence electrons. The number of hydrogen-bond donors (Lipinski definition) is 2. The van der Waals surface area contributed by atoms with Crippen LogP contribution in [0.2, 0.25) is 0 Å². The smallest absolute Gasteiger partial charge is 0.271 e. The summed E-state index contributed by atoms with van der Waals surface area (Å²) in [6.07, 6.45) is 0.680. The Morgan fingerprint density at radius 2 is 1.71 bits per heavy atom. The summed E-state index contributed by atoms with van der Waals surface area (Å²) >= 11 is 0. The Hall–Kier alpha value is -3.41. The molecule has 1 heterocycles. The minimum absolute atomic E-state index is 0.243. The fraction of sp³-hybridized carbons (Fsp3) is 0.227. The summed E-state index contributed by atoms with van der Waals surface area (Å²) < 4.78 is 5.32. The van der Waals surface area contributed by atoms with Crippen molar-refractivity contribution in [2.45, 2.75) is 19.9 Å². The van der Waals surface area contributed by atoms with Gasteiger partial charge < -0.3 is 15.4 Å². The normalized spacial score (nSPS) is 10.4. The van der Waals surface area contributed by atoms with Gasteiger partial charge in [0.2, 0.25) is 0 Å². The summed E-state index contributed by atoms with van der Waals surface area (Å²) in [4.78, 5) is 12.3. The van der Waals surface area contributed by atoms with E-state index in [1.807, 2.05) is 36.4 Å². The molecule has 6 nitrogen and oxygen atoms in total. The predicted octanol–water partition coefficient (Wildman–Crippen LogP) is 3.38.